The third kappa shape index (κ3) is 4.12. The molecule has 0 amide bonds. The number of hydrogen-bond donors (Lipinski definition) is 1. The van der Waals surface area contributed by atoms with E-state index in [0.717, 1.165) is 10.9 Å². The van der Waals surface area contributed by atoms with E-state index in [4.69, 9.17) is 0 Å². The van der Waals surface area contributed by atoms with Crippen LogP contribution < -0.4 is 5.32 Å². The lowest BCUT2D eigenvalue weighted by molar-refractivity contribution is 1.08. The Labute approximate surface area is 130 Å². The number of anilines is 1. The largest absolute Gasteiger partial charge is 0.366 e. The van der Waals surface area contributed by atoms with Crippen molar-refractivity contribution < 1.29 is 0 Å². The molecule has 0 aliphatic carbocycles. The van der Waals surface area contributed by atoms with Gasteiger partial charge < -0.3 is 5.32 Å². The van der Waals surface area contributed by atoms with E-state index >= 15 is 0 Å². The molecule has 1 aliphatic heterocycles. The minimum atomic E-state index is 0.705. The monoisotopic (exact) mass is 292 g/mol. The molecule has 0 saturated carbocycles. The van der Waals surface area contributed by atoms with Crippen molar-refractivity contribution in [1.82, 2.24) is 10.2 Å². The predicted molar refractivity (Wildman–Crippen MR) is 93.4 cm³/mol. The summed E-state index contributed by atoms with van der Waals surface area (Å²) in [6.07, 6.45) is 3.59. The van der Waals surface area contributed by atoms with Gasteiger partial charge in [0.2, 0.25) is 0 Å². The number of benzene rings is 2. The van der Waals surface area contributed by atoms with Crippen molar-refractivity contribution in [3.63, 3.8) is 0 Å². The molecule has 3 aromatic rings. The van der Waals surface area contributed by atoms with Crippen molar-refractivity contribution in [1.29, 1.82) is 0 Å². The Kier molecular flexibility index (Phi) is 6.05. The van der Waals surface area contributed by atoms with E-state index in [1.807, 2.05) is 68.6 Å². The molecule has 0 saturated heterocycles. The van der Waals surface area contributed by atoms with Crippen LogP contribution in [0, 0.1) is 0 Å². The highest BCUT2D eigenvalue weighted by Crippen LogP contribution is 2.14. The molecule has 0 fully saturated rings. The number of hydrogen-bond acceptors (Lipinski definition) is 4. The van der Waals surface area contributed by atoms with Crippen molar-refractivity contribution in [2.45, 2.75) is 13.8 Å². The second-order valence-electron chi connectivity index (χ2n) is 4.32. The fourth-order valence-electron chi connectivity index (χ4n) is 1.97. The number of aliphatic imine (C=N–C) groups is 1. The number of fused-ring (bicyclic) bond motifs is 2. The van der Waals surface area contributed by atoms with Gasteiger partial charge in [0.25, 0.3) is 0 Å². The lowest BCUT2D eigenvalue weighted by Gasteiger charge is -2.10. The topological polar surface area (TPSA) is 50.2 Å². The third-order valence-electron chi connectivity index (χ3n) is 2.97. The highest BCUT2D eigenvalue weighted by Gasteiger charge is 1.99. The summed E-state index contributed by atoms with van der Waals surface area (Å²) in [4.78, 5) is 4.08. The summed E-state index contributed by atoms with van der Waals surface area (Å²) in [7, 11) is 0. The normalized spacial score (nSPS) is 11.2. The number of rotatable bonds is 0. The first-order valence-corrected chi connectivity index (χ1v) is 7.43. The first-order valence-electron chi connectivity index (χ1n) is 7.43. The smallest absolute Gasteiger partial charge is 0.107 e. The van der Waals surface area contributed by atoms with E-state index in [0.29, 0.717) is 6.67 Å². The summed E-state index contributed by atoms with van der Waals surface area (Å²) >= 11 is 0. The van der Waals surface area contributed by atoms with Gasteiger partial charge in [-0.25, -0.2) is 0 Å². The van der Waals surface area contributed by atoms with Gasteiger partial charge in [-0.3, -0.25) is 4.99 Å². The number of nitrogens with one attached hydrogen (secondary N) is 1. The molecule has 1 aliphatic rings. The van der Waals surface area contributed by atoms with Gasteiger partial charge in [-0.15, -0.1) is 0 Å². The fourth-order valence-corrected chi connectivity index (χ4v) is 1.97. The molecular formula is C18H20N4. The van der Waals surface area contributed by atoms with Gasteiger partial charge >= 0.3 is 0 Å². The average molecular weight is 292 g/mol. The summed E-state index contributed by atoms with van der Waals surface area (Å²) in [5.74, 6) is 0. The third-order valence-corrected chi connectivity index (χ3v) is 2.97. The van der Waals surface area contributed by atoms with Crippen LogP contribution in [0.2, 0.25) is 0 Å². The highest BCUT2D eigenvalue weighted by atomic mass is 15.1. The number of nitrogens with zero attached hydrogens (tertiary/aromatic N) is 3. The molecule has 4 heteroatoms. The molecular weight excluding hydrogens is 272 g/mol. The molecule has 1 N–H and O–H groups in total. The van der Waals surface area contributed by atoms with Gasteiger partial charge in [0.1, 0.15) is 6.67 Å². The van der Waals surface area contributed by atoms with E-state index in [1.165, 1.54) is 11.3 Å². The molecule has 4 rings (SSSR count). The second-order valence-corrected chi connectivity index (χ2v) is 4.32. The lowest BCUT2D eigenvalue weighted by atomic mass is 10.2. The van der Waals surface area contributed by atoms with Crippen LogP contribution in [0.25, 0.3) is 10.9 Å². The van der Waals surface area contributed by atoms with Crippen LogP contribution in [0.5, 0.6) is 0 Å². The first-order chi connectivity index (χ1) is 10.9. The number of aromatic nitrogens is 2. The standard InChI is InChI=1S/C8H8N2.C8H6N2.C2H6/c1-2-4-8-7(3-1)5-9-6-10-8;1-2-4-8-7(3-1)5-6-9-10-8;1-2/h1-5,10H,6H2;1-6H;1-2H3. The minimum Gasteiger partial charge on any atom is -0.366 e. The van der Waals surface area contributed by atoms with Crippen LogP contribution in [0.15, 0.2) is 65.8 Å². The molecule has 0 spiro atoms. The quantitative estimate of drug-likeness (QED) is 0.677. The Morgan fingerprint density at radius 3 is 2.50 bits per heavy atom. The van der Waals surface area contributed by atoms with Crippen molar-refractivity contribution in [3.05, 3.63) is 66.4 Å². The maximum Gasteiger partial charge on any atom is 0.107 e. The van der Waals surface area contributed by atoms with Crippen molar-refractivity contribution in [3.8, 4) is 0 Å². The molecule has 112 valence electrons. The lowest BCUT2D eigenvalue weighted by Crippen LogP contribution is -2.06. The first kappa shape index (κ1) is 15.6. The van der Waals surface area contributed by atoms with Gasteiger partial charge in [0.05, 0.1) is 11.7 Å². The van der Waals surface area contributed by atoms with Crippen LogP contribution in [-0.2, 0) is 0 Å². The maximum absolute atomic E-state index is 4.08. The van der Waals surface area contributed by atoms with E-state index in [9.17, 15) is 0 Å². The summed E-state index contributed by atoms with van der Waals surface area (Å²) in [5, 5.41) is 12.0. The Morgan fingerprint density at radius 2 is 1.68 bits per heavy atom. The Bertz CT molecular complexity index is 672. The van der Waals surface area contributed by atoms with Gasteiger partial charge in [0.15, 0.2) is 0 Å². The van der Waals surface area contributed by atoms with Crippen LogP contribution in [0.3, 0.4) is 0 Å². The SMILES string of the molecule is C1=NCNc2ccccc21.CC.c1ccc2nnccc2c1. The van der Waals surface area contributed by atoms with Crippen molar-refractivity contribution in [2.24, 2.45) is 4.99 Å². The molecule has 1 aromatic heterocycles. The zero-order valence-corrected chi connectivity index (χ0v) is 12.9. The van der Waals surface area contributed by atoms with E-state index < -0.39 is 0 Å². The Balaban J connectivity index is 0.000000144. The average Bonchev–Trinajstić information content (AvgIpc) is 2.64. The van der Waals surface area contributed by atoms with Gasteiger partial charge in [-0.1, -0.05) is 50.2 Å². The molecule has 4 nitrogen and oxygen atoms in total. The zero-order chi connectivity index (χ0) is 15.6. The summed E-state index contributed by atoms with van der Waals surface area (Å²) in [6.45, 7) is 4.71. The summed E-state index contributed by atoms with van der Waals surface area (Å²) in [5.41, 5.74) is 3.30. The predicted octanol–water partition coefficient (Wildman–Crippen LogP) is 4.14. The van der Waals surface area contributed by atoms with Crippen LogP contribution >= 0.6 is 0 Å². The number of para-hydroxylation sites is 1. The molecule has 2 heterocycles. The molecule has 0 atom stereocenters. The van der Waals surface area contributed by atoms with E-state index in [2.05, 4.69) is 26.6 Å². The van der Waals surface area contributed by atoms with E-state index in [-0.39, 0.29) is 0 Å². The van der Waals surface area contributed by atoms with Gasteiger partial charge in [0, 0.05) is 22.9 Å². The molecule has 0 radical (unpaired) electrons. The van der Waals surface area contributed by atoms with Gasteiger partial charge in [-0.05, 0) is 18.2 Å². The van der Waals surface area contributed by atoms with Gasteiger partial charge in [-0.2, -0.15) is 10.2 Å². The molecule has 22 heavy (non-hydrogen) atoms. The highest BCUT2D eigenvalue weighted by molar-refractivity contribution is 5.89. The molecule has 0 unspecified atom stereocenters. The van der Waals surface area contributed by atoms with Crippen LogP contribution in [0.1, 0.15) is 19.4 Å². The fraction of sp³-hybridized carbons (Fsp3) is 0.167. The summed E-state index contributed by atoms with van der Waals surface area (Å²) < 4.78 is 0. The summed E-state index contributed by atoms with van der Waals surface area (Å²) in [6, 6.07) is 18.0. The molecule has 0 bridgehead atoms. The van der Waals surface area contributed by atoms with E-state index in [1.54, 1.807) is 6.20 Å². The maximum atomic E-state index is 4.08. The van der Waals surface area contributed by atoms with Crippen LogP contribution in [-0.4, -0.2) is 23.1 Å². The molecule has 2 aromatic carbocycles. The zero-order valence-electron chi connectivity index (χ0n) is 12.9. The Morgan fingerprint density at radius 1 is 0.909 bits per heavy atom. The van der Waals surface area contributed by atoms with Crippen LogP contribution in [0.4, 0.5) is 5.69 Å². The van der Waals surface area contributed by atoms with Crippen molar-refractivity contribution in [2.75, 3.05) is 12.0 Å². The van der Waals surface area contributed by atoms with Crippen molar-refractivity contribution >= 4 is 22.8 Å². The Hall–Kier alpha value is -2.75. The minimum absolute atomic E-state index is 0.705. The second kappa shape index (κ2) is 8.52.